The van der Waals surface area contributed by atoms with Gasteiger partial charge in [-0.25, -0.2) is 14.6 Å². The molecule has 0 aliphatic rings. The zero-order chi connectivity index (χ0) is 12.3. The maximum absolute atomic E-state index is 5.64. The monoisotopic (exact) mass is 231 g/mol. The van der Waals surface area contributed by atoms with Crippen LogP contribution in [-0.2, 0) is 12.8 Å². The summed E-state index contributed by atoms with van der Waals surface area (Å²) in [6, 6.07) is 4.22. The third-order valence-corrected chi connectivity index (χ3v) is 2.62. The zero-order valence-electron chi connectivity index (χ0n) is 10.2. The number of aromatic nitrogens is 4. The summed E-state index contributed by atoms with van der Waals surface area (Å²) in [5.41, 5.74) is 6.82. The topological polar surface area (TPSA) is 69.6 Å². The number of nitrogens with two attached hydrogens (primary N) is 1. The summed E-state index contributed by atoms with van der Waals surface area (Å²) in [5, 5.41) is 4.21. The molecule has 2 heterocycles. The summed E-state index contributed by atoms with van der Waals surface area (Å²) < 4.78 is 1.95. The second kappa shape index (κ2) is 4.95. The van der Waals surface area contributed by atoms with Gasteiger partial charge in [0.05, 0.1) is 0 Å². The Bertz CT molecular complexity index is 489. The molecule has 0 saturated carbocycles. The van der Waals surface area contributed by atoms with Gasteiger partial charge in [-0.2, -0.15) is 5.10 Å². The molecule has 2 rings (SSSR count). The Morgan fingerprint density at radius 2 is 2.12 bits per heavy atom. The summed E-state index contributed by atoms with van der Waals surface area (Å²) in [6.45, 7) is 4.20. The van der Waals surface area contributed by atoms with E-state index in [1.54, 1.807) is 12.5 Å². The molecule has 0 aromatic carbocycles. The minimum atomic E-state index is 0.343. The molecule has 0 unspecified atom stereocenters. The van der Waals surface area contributed by atoms with E-state index in [0.717, 1.165) is 18.7 Å². The van der Waals surface area contributed by atoms with Crippen LogP contribution in [0.1, 0.15) is 31.3 Å². The zero-order valence-corrected chi connectivity index (χ0v) is 10.2. The SMILES string of the molecule is CC(C)n1ncnc1CCc1ccnc(N)c1. The molecule has 0 saturated heterocycles. The molecule has 0 spiro atoms. The van der Waals surface area contributed by atoms with E-state index in [1.165, 1.54) is 5.56 Å². The normalized spacial score (nSPS) is 11.0. The summed E-state index contributed by atoms with van der Waals surface area (Å²) >= 11 is 0. The third-order valence-electron chi connectivity index (χ3n) is 2.62. The molecule has 17 heavy (non-hydrogen) atoms. The van der Waals surface area contributed by atoms with Crippen molar-refractivity contribution in [1.82, 2.24) is 19.7 Å². The van der Waals surface area contributed by atoms with Crippen molar-refractivity contribution in [1.29, 1.82) is 0 Å². The van der Waals surface area contributed by atoms with Crippen LogP contribution < -0.4 is 5.73 Å². The van der Waals surface area contributed by atoms with Crippen LogP contribution in [0.15, 0.2) is 24.7 Å². The molecular formula is C12H17N5. The lowest BCUT2D eigenvalue weighted by Gasteiger charge is -2.09. The van der Waals surface area contributed by atoms with E-state index in [2.05, 4.69) is 28.9 Å². The number of anilines is 1. The molecule has 5 heteroatoms. The van der Waals surface area contributed by atoms with Crippen molar-refractivity contribution < 1.29 is 0 Å². The summed E-state index contributed by atoms with van der Waals surface area (Å²) in [6.07, 6.45) is 5.11. The van der Waals surface area contributed by atoms with E-state index in [-0.39, 0.29) is 0 Å². The first kappa shape index (κ1) is 11.6. The van der Waals surface area contributed by atoms with E-state index < -0.39 is 0 Å². The predicted molar refractivity (Wildman–Crippen MR) is 66.5 cm³/mol. The van der Waals surface area contributed by atoms with Crippen molar-refractivity contribution in [2.24, 2.45) is 0 Å². The van der Waals surface area contributed by atoms with Gasteiger partial charge in [0.25, 0.3) is 0 Å². The Balaban J connectivity index is 2.05. The van der Waals surface area contributed by atoms with Gasteiger partial charge in [-0.15, -0.1) is 0 Å². The van der Waals surface area contributed by atoms with Crippen molar-refractivity contribution in [2.75, 3.05) is 5.73 Å². The van der Waals surface area contributed by atoms with E-state index in [0.29, 0.717) is 11.9 Å². The fourth-order valence-corrected chi connectivity index (χ4v) is 1.79. The van der Waals surface area contributed by atoms with Crippen molar-refractivity contribution >= 4 is 5.82 Å². The fraction of sp³-hybridized carbons (Fsp3) is 0.417. The minimum absolute atomic E-state index is 0.343. The van der Waals surface area contributed by atoms with Crippen molar-refractivity contribution in [2.45, 2.75) is 32.7 Å². The first-order valence-corrected chi connectivity index (χ1v) is 5.75. The lowest BCUT2D eigenvalue weighted by Crippen LogP contribution is -2.09. The Morgan fingerprint density at radius 3 is 2.82 bits per heavy atom. The molecule has 0 atom stereocenters. The summed E-state index contributed by atoms with van der Waals surface area (Å²) in [5.74, 6) is 1.57. The van der Waals surface area contributed by atoms with Crippen molar-refractivity contribution in [3.8, 4) is 0 Å². The Morgan fingerprint density at radius 1 is 1.29 bits per heavy atom. The summed E-state index contributed by atoms with van der Waals surface area (Å²) in [4.78, 5) is 8.26. The van der Waals surface area contributed by atoms with E-state index in [4.69, 9.17) is 5.73 Å². The van der Waals surface area contributed by atoms with Crippen LogP contribution in [0.5, 0.6) is 0 Å². The van der Waals surface area contributed by atoms with Crippen LogP contribution in [0, 0.1) is 0 Å². The molecule has 90 valence electrons. The predicted octanol–water partition coefficient (Wildman–Crippen LogP) is 1.62. The second-order valence-electron chi connectivity index (χ2n) is 4.30. The van der Waals surface area contributed by atoms with Crippen molar-refractivity contribution in [3.63, 3.8) is 0 Å². The van der Waals surface area contributed by atoms with Crippen LogP contribution in [0.2, 0.25) is 0 Å². The van der Waals surface area contributed by atoms with Gasteiger partial charge in [-0.3, -0.25) is 0 Å². The van der Waals surface area contributed by atoms with Gasteiger partial charge in [0, 0.05) is 18.7 Å². The fourth-order valence-electron chi connectivity index (χ4n) is 1.79. The highest BCUT2D eigenvalue weighted by molar-refractivity contribution is 5.31. The van der Waals surface area contributed by atoms with E-state index >= 15 is 0 Å². The Kier molecular flexibility index (Phi) is 3.37. The van der Waals surface area contributed by atoms with E-state index in [1.807, 2.05) is 16.8 Å². The van der Waals surface area contributed by atoms with Gasteiger partial charge in [0.15, 0.2) is 0 Å². The van der Waals surface area contributed by atoms with Crippen LogP contribution in [0.4, 0.5) is 5.82 Å². The number of aryl methyl sites for hydroxylation is 2. The van der Waals surface area contributed by atoms with Gasteiger partial charge in [-0.1, -0.05) is 0 Å². The molecule has 2 aromatic heterocycles. The second-order valence-corrected chi connectivity index (χ2v) is 4.30. The average Bonchev–Trinajstić information content (AvgIpc) is 2.74. The number of hydrogen-bond acceptors (Lipinski definition) is 4. The van der Waals surface area contributed by atoms with Gasteiger partial charge in [0.2, 0.25) is 0 Å². The van der Waals surface area contributed by atoms with E-state index in [9.17, 15) is 0 Å². The first-order chi connectivity index (χ1) is 8.16. The van der Waals surface area contributed by atoms with Crippen LogP contribution in [0.3, 0.4) is 0 Å². The molecule has 0 amide bonds. The van der Waals surface area contributed by atoms with Crippen LogP contribution in [-0.4, -0.2) is 19.7 Å². The van der Waals surface area contributed by atoms with Gasteiger partial charge >= 0.3 is 0 Å². The maximum Gasteiger partial charge on any atom is 0.138 e. The standard InChI is InChI=1S/C12H17N5/c1-9(2)17-12(15-8-16-17)4-3-10-5-6-14-11(13)7-10/h5-9H,3-4H2,1-2H3,(H2,13,14). The van der Waals surface area contributed by atoms with Gasteiger partial charge in [-0.05, 0) is 38.0 Å². The quantitative estimate of drug-likeness (QED) is 0.868. The Hall–Kier alpha value is -1.91. The molecule has 0 bridgehead atoms. The minimum Gasteiger partial charge on any atom is -0.384 e. The third kappa shape index (κ3) is 2.81. The molecule has 0 radical (unpaired) electrons. The van der Waals surface area contributed by atoms with Gasteiger partial charge < -0.3 is 5.73 Å². The number of nitrogen functional groups attached to an aromatic ring is 1. The van der Waals surface area contributed by atoms with Crippen LogP contribution in [0.25, 0.3) is 0 Å². The number of nitrogens with zero attached hydrogens (tertiary/aromatic N) is 4. The highest BCUT2D eigenvalue weighted by atomic mass is 15.3. The number of rotatable bonds is 4. The molecular weight excluding hydrogens is 214 g/mol. The molecule has 2 N–H and O–H groups in total. The lowest BCUT2D eigenvalue weighted by atomic mass is 10.1. The molecule has 0 fully saturated rings. The largest absolute Gasteiger partial charge is 0.384 e. The first-order valence-electron chi connectivity index (χ1n) is 5.75. The maximum atomic E-state index is 5.64. The summed E-state index contributed by atoms with van der Waals surface area (Å²) in [7, 11) is 0. The molecule has 0 aliphatic heterocycles. The number of hydrogen-bond donors (Lipinski definition) is 1. The van der Waals surface area contributed by atoms with Gasteiger partial charge in [0.1, 0.15) is 18.0 Å². The lowest BCUT2D eigenvalue weighted by molar-refractivity contribution is 0.504. The Labute approximate surface area is 101 Å². The van der Waals surface area contributed by atoms with Crippen LogP contribution >= 0.6 is 0 Å². The average molecular weight is 231 g/mol. The highest BCUT2D eigenvalue weighted by Gasteiger charge is 2.07. The van der Waals surface area contributed by atoms with Crippen molar-refractivity contribution in [3.05, 3.63) is 36.0 Å². The molecule has 2 aromatic rings. The molecule has 5 nitrogen and oxygen atoms in total. The highest BCUT2D eigenvalue weighted by Crippen LogP contribution is 2.10. The molecule has 0 aliphatic carbocycles. The number of pyridine rings is 1. The smallest absolute Gasteiger partial charge is 0.138 e.